The summed E-state index contributed by atoms with van der Waals surface area (Å²) in [6, 6.07) is 5.87. The second kappa shape index (κ2) is 5.35. The summed E-state index contributed by atoms with van der Waals surface area (Å²) < 4.78 is 0. The molecule has 1 fully saturated rings. The maximum atomic E-state index is 9.56. The molecule has 0 atom stereocenters. The lowest BCUT2D eigenvalue weighted by atomic mass is 9.84. The van der Waals surface area contributed by atoms with Crippen LogP contribution in [-0.2, 0) is 13.0 Å². The molecule has 0 heterocycles. The summed E-state index contributed by atoms with van der Waals surface area (Å²) in [6.45, 7) is 0.421. The molecule has 0 saturated heterocycles. The molecular weight excluding hydrogens is 198 g/mol. The third-order valence-corrected chi connectivity index (χ3v) is 3.61. The van der Waals surface area contributed by atoms with Crippen LogP contribution in [0.4, 0.5) is 0 Å². The Morgan fingerprint density at radius 3 is 2.62 bits per heavy atom. The zero-order valence-electron chi connectivity index (χ0n) is 9.78. The van der Waals surface area contributed by atoms with Crippen LogP contribution < -0.4 is 5.73 Å². The predicted octanol–water partition coefficient (Wildman–Crippen LogP) is 2.97. The minimum atomic E-state index is 0.329. The van der Waals surface area contributed by atoms with E-state index < -0.39 is 0 Å². The van der Waals surface area contributed by atoms with Gasteiger partial charge in [0.1, 0.15) is 5.75 Å². The third kappa shape index (κ3) is 2.76. The van der Waals surface area contributed by atoms with Crippen LogP contribution in [0.25, 0.3) is 0 Å². The molecule has 1 saturated carbocycles. The molecule has 2 heteroatoms. The van der Waals surface area contributed by atoms with Crippen molar-refractivity contribution < 1.29 is 5.11 Å². The molecule has 16 heavy (non-hydrogen) atoms. The molecule has 0 amide bonds. The number of benzene rings is 1. The van der Waals surface area contributed by atoms with Gasteiger partial charge in [-0.15, -0.1) is 0 Å². The fourth-order valence-electron chi connectivity index (χ4n) is 2.65. The molecule has 3 N–H and O–H groups in total. The first-order valence-corrected chi connectivity index (χ1v) is 6.30. The van der Waals surface area contributed by atoms with Crippen molar-refractivity contribution >= 4 is 0 Å². The molecule has 0 bridgehead atoms. The van der Waals surface area contributed by atoms with Crippen LogP contribution in [0.15, 0.2) is 18.2 Å². The van der Waals surface area contributed by atoms with Gasteiger partial charge in [0.2, 0.25) is 0 Å². The van der Waals surface area contributed by atoms with Gasteiger partial charge in [0.05, 0.1) is 0 Å². The van der Waals surface area contributed by atoms with E-state index >= 15 is 0 Å². The molecular formula is C14H21NO. The molecule has 1 aromatic rings. The molecule has 0 unspecified atom stereocenters. The van der Waals surface area contributed by atoms with Gasteiger partial charge < -0.3 is 10.8 Å². The van der Waals surface area contributed by atoms with Gasteiger partial charge in [0, 0.05) is 12.1 Å². The smallest absolute Gasteiger partial charge is 0.120 e. The zero-order chi connectivity index (χ0) is 11.4. The van der Waals surface area contributed by atoms with Crippen molar-refractivity contribution in [2.75, 3.05) is 0 Å². The molecule has 2 rings (SSSR count). The van der Waals surface area contributed by atoms with Crippen molar-refractivity contribution in [2.45, 2.75) is 45.1 Å². The minimum Gasteiger partial charge on any atom is -0.508 e. The first-order chi connectivity index (χ1) is 7.79. The van der Waals surface area contributed by atoms with E-state index in [9.17, 15) is 5.11 Å². The van der Waals surface area contributed by atoms with Gasteiger partial charge in [0.25, 0.3) is 0 Å². The van der Waals surface area contributed by atoms with Gasteiger partial charge in [0.15, 0.2) is 0 Å². The number of phenols is 1. The largest absolute Gasteiger partial charge is 0.508 e. The first kappa shape index (κ1) is 11.5. The normalized spacial score (nSPS) is 17.6. The molecule has 1 aromatic carbocycles. The highest BCUT2D eigenvalue weighted by Crippen LogP contribution is 2.28. The Labute approximate surface area is 97.5 Å². The van der Waals surface area contributed by atoms with Crippen LogP contribution in [0, 0.1) is 5.92 Å². The van der Waals surface area contributed by atoms with Crippen LogP contribution >= 0.6 is 0 Å². The van der Waals surface area contributed by atoms with E-state index in [4.69, 9.17) is 5.73 Å². The van der Waals surface area contributed by atoms with Crippen molar-refractivity contribution in [3.8, 4) is 5.75 Å². The van der Waals surface area contributed by atoms with Crippen molar-refractivity contribution in [1.29, 1.82) is 0 Å². The van der Waals surface area contributed by atoms with E-state index in [-0.39, 0.29) is 0 Å². The van der Waals surface area contributed by atoms with E-state index in [0.29, 0.717) is 12.3 Å². The van der Waals surface area contributed by atoms with Crippen LogP contribution in [-0.4, -0.2) is 5.11 Å². The zero-order valence-corrected chi connectivity index (χ0v) is 9.78. The Morgan fingerprint density at radius 2 is 1.94 bits per heavy atom. The second-order valence-electron chi connectivity index (χ2n) is 4.88. The van der Waals surface area contributed by atoms with Crippen LogP contribution in [0.5, 0.6) is 5.75 Å². The van der Waals surface area contributed by atoms with Gasteiger partial charge in [-0.3, -0.25) is 0 Å². The summed E-state index contributed by atoms with van der Waals surface area (Å²) in [5.41, 5.74) is 7.79. The Kier molecular flexibility index (Phi) is 3.83. The SMILES string of the molecule is NCc1cc(CC2CCCCC2)ccc1O. The molecule has 1 aliphatic rings. The van der Waals surface area contributed by atoms with E-state index in [1.165, 1.54) is 37.7 Å². The minimum absolute atomic E-state index is 0.329. The third-order valence-electron chi connectivity index (χ3n) is 3.61. The Bertz CT molecular complexity index is 343. The topological polar surface area (TPSA) is 46.2 Å². The number of hydrogen-bond donors (Lipinski definition) is 2. The predicted molar refractivity (Wildman–Crippen MR) is 66.3 cm³/mol. The Balaban J connectivity index is 2.03. The molecule has 1 aliphatic carbocycles. The van der Waals surface area contributed by atoms with E-state index in [1.807, 2.05) is 6.07 Å². The average Bonchev–Trinajstić information content (AvgIpc) is 2.33. The van der Waals surface area contributed by atoms with E-state index in [1.54, 1.807) is 6.07 Å². The van der Waals surface area contributed by atoms with Gasteiger partial charge >= 0.3 is 0 Å². The summed E-state index contributed by atoms with van der Waals surface area (Å²) in [7, 11) is 0. The summed E-state index contributed by atoms with van der Waals surface area (Å²) >= 11 is 0. The average molecular weight is 219 g/mol. The van der Waals surface area contributed by atoms with E-state index in [2.05, 4.69) is 6.07 Å². The molecule has 0 aliphatic heterocycles. The van der Waals surface area contributed by atoms with Crippen molar-refractivity contribution in [3.05, 3.63) is 29.3 Å². The monoisotopic (exact) mass is 219 g/mol. The quantitative estimate of drug-likeness (QED) is 0.821. The lowest BCUT2D eigenvalue weighted by Gasteiger charge is -2.21. The van der Waals surface area contributed by atoms with Gasteiger partial charge in [-0.2, -0.15) is 0 Å². The fraction of sp³-hybridized carbons (Fsp3) is 0.571. The van der Waals surface area contributed by atoms with Crippen molar-refractivity contribution in [2.24, 2.45) is 11.7 Å². The fourth-order valence-corrected chi connectivity index (χ4v) is 2.65. The summed E-state index contributed by atoms with van der Waals surface area (Å²) in [6.07, 6.45) is 8.03. The number of hydrogen-bond acceptors (Lipinski definition) is 2. The molecule has 0 spiro atoms. The first-order valence-electron chi connectivity index (χ1n) is 6.30. The lowest BCUT2D eigenvalue weighted by molar-refractivity contribution is 0.356. The summed E-state index contributed by atoms with van der Waals surface area (Å²) in [5, 5.41) is 9.56. The number of aromatic hydroxyl groups is 1. The highest BCUT2D eigenvalue weighted by Gasteiger charge is 2.14. The standard InChI is InChI=1S/C14H21NO/c15-10-13-9-12(6-7-14(13)16)8-11-4-2-1-3-5-11/h6-7,9,11,16H,1-5,8,10,15H2. The number of rotatable bonds is 3. The van der Waals surface area contributed by atoms with Crippen LogP contribution in [0.1, 0.15) is 43.2 Å². The summed E-state index contributed by atoms with van der Waals surface area (Å²) in [4.78, 5) is 0. The van der Waals surface area contributed by atoms with Gasteiger partial charge in [-0.1, -0.05) is 44.2 Å². The highest BCUT2D eigenvalue weighted by atomic mass is 16.3. The lowest BCUT2D eigenvalue weighted by Crippen LogP contribution is -2.09. The molecule has 0 radical (unpaired) electrons. The maximum Gasteiger partial charge on any atom is 0.120 e. The van der Waals surface area contributed by atoms with Gasteiger partial charge in [-0.05, 0) is 24.0 Å². The van der Waals surface area contributed by atoms with Crippen LogP contribution in [0.3, 0.4) is 0 Å². The molecule has 88 valence electrons. The molecule has 0 aromatic heterocycles. The molecule has 2 nitrogen and oxygen atoms in total. The summed E-state index contributed by atoms with van der Waals surface area (Å²) in [5.74, 6) is 1.17. The Morgan fingerprint density at radius 1 is 1.19 bits per heavy atom. The number of nitrogens with two attached hydrogens (primary N) is 1. The van der Waals surface area contributed by atoms with Crippen molar-refractivity contribution in [3.63, 3.8) is 0 Å². The highest BCUT2D eigenvalue weighted by molar-refractivity contribution is 5.36. The van der Waals surface area contributed by atoms with E-state index in [0.717, 1.165) is 17.9 Å². The van der Waals surface area contributed by atoms with Crippen molar-refractivity contribution in [1.82, 2.24) is 0 Å². The van der Waals surface area contributed by atoms with Gasteiger partial charge in [-0.25, -0.2) is 0 Å². The maximum absolute atomic E-state index is 9.56. The number of phenolic OH excluding ortho intramolecular Hbond substituents is 1. The van der Waals surface area contributed by atoms with Crippen LogP contribution in [0.2, 0.25) is 0 Å². The Hall–Kier alpha value is -1.02. The second-order valence-corrected chi connectivity index (χ2v) is 4.88.